The van der Waals surface area contributed by atoms with Crippen LogP contribution in [0.5, 0.6) is 5.75 Å². The van der Waals surface area contributed by atoms with Crippen molar-refractivity contribution in [3.63, 3.8) is 0 Å². The van der Waals surface area contributed by atoms with Crippen LogP contribution in [0.2, 0.25) is 0 Å². The van der Waals surface area contributed by atoms with Gasteiger partial charge in [0.15, 0.2) is 0 Å². The van der Waals surface area contributed by atoms with Crippen molar-refractivity contribution in [2.24, 2.45) is 0 Å². The van der Waals surface area contributed by atoms with Crippen LogP contribution in [-0.2, 0) is 0 Å². The van der Waals surface area contributed by atoms with Gasteiger partial charge in [0.05, 0.1) is 12.3 Å². The zero-order valence-electron chi connectivity index (χ0n) is 14.9. The molecule has 0 spiro atoms. The molecule has 2 aromatic rings. The molecule has 0 aliphatic carbocycles. The van der Waals surface area contributed by atoms with E-state index in [-0.39, 0.29) is 18.1 Å². The molecule has 25 heavy (non-hydrogen) atoms. The number of nitrogens with one attached hydrogen (secondary N) is 2. The van der Waals surface area contributed by atoms with E-state index in [2.05, 4.69) is 10.6 Å². The topological polar surface area (TPSA) is 83.7 Å². The van der Waals surface area contributed by atoms with Crippen LogP contribution >= 0.6 is 0 Å². The fourth-order valence-corrected chi connectivity index (χ4v) is 2.45. The summed E-state index contributed by atoms with van der Waals surface area (Å²) in [6.45, 7) is 6.08. The molecule has 6 nitrogen and oxygen atoms in total. The molecule has 0 saturated heterocycles. The Morgan fingerprint density at radius 1 is 1.20 bits per heavy atom. The van der Waals surface area contributed by atoms with Crippen molar-refractivity contribution >= 4 is 6.03 Å². The van der Waals surface area contributed by atoms with Crippen LogP contribution in [-0.4, -0.2) is 29.8 Å². The maximum absolute atomic E-state index is 12.0. The Morgan fingerprint density at radius 2 is 1.96 bits per heavy atom. The van der Waals surface area contributed by atoms with Crippen molar-refractivity contribution in [2.45, 2.75) is 45.4 Å². The lowest BCUT2D eigenvalue weighted by atomic mass is 10.1. The average Bonchev–Trinajstić information content (AvgIpc) is 3.07. The van der Waals surface area contributed by atoms with Crippen molar-refractivity contribution in [3.05, 3.63) is 54.0 Å². The molecule has 3 N–H and O–H groups in total. The van der Waals surface area contributed by atoms with Crippen LogP contribution in [0.15, 0.2) is 47.1 Å². The van der Waals surface area contributed by atoms with E-state index in [4.69, 9.17) is 9.15 Å². The standard InChI is InChI=1S/C19H26N2O4/c1-13-6-4-7-16(10-13)25-12-15(3)21-19(23)20-14(2)11-17(22)18-8-5-9-24-18/h4-10,14-15,17,22H,11-12H2,1-3H3,(H2,20,21,23). The van der Waals surface area contributed by atoms with Gasteiger partial charge in [-0.3, -0.25) is 0 Å². The molecule has 0 aliphatic heterocycles. The smallest absolute Gasteiger partial charge is 0.315 e. The van der Waals surface area contributed by atoms with Gasteiger partial charge in [0.2, 0.25) is 0 Å². The third-order valence-corrected chi connectivity index (χ3v) is 3.69. The molecule has 3 unspecified atom stereocenters. The normalized spacial score (nSPS) is 14.4. The molecule has 1 heterocycles. The molecule has 1 aromatic carbocycles. The van der Waals surface area contributed by atoms with Gasteiger partial charge in [-0.15, -0.1) is 0 Å². The number of amides is 2. The number of urea groups is 1. The second kappa shape index (κ2) is 9.13. The Hall–Kier alpha value is -2.47. The predicted octanol–water partition coefficient (Wildman–Crippen LogP) is 3.17. The zero-order valence-corrected chi connectivity index (χ0v) is 14.9. The van der Waals surface area contributed by atoms with E-state index in [0.717, 1.165) is 11.3 Å². The van der Waals surface area contributed by atoms with Crippen molar-refractivity contribution in [2.75, 3.05) is 6.61 Å². The van der Waals surface area contributed by atoms with Gasteiger partial charge < -0.3 is 24.9 Å². The Morgan fingerprint density at radius 3 is 2.64 bits per heavy atom. The third kappa shape index (κ3) is 6.51. The van der Waals surface area contributed by atoms with Crippen molar-refractivity contribution in [1.29, 1.82) is 0 Å². The zero-order chi connectivity index (χ0) is 18.2. The highest BCUT2D eigenvalue weighted by Gasteiger charge is 2.17. The summed E-state index contributed by atoms with van der Waals surface area (Å²) in [5.41, 5.74) is 1.12. The molecular weight excluding hydrogens is 320 g/mol. The van der Waals surface area contributed by atoms with Gasteiger partial charge in [-0.25, -0.2) is 4.79 Å². The first-order chi connectivity index (χ1) is 11.9. The van der Waals surface area contributed by atoms with Crippen LogP contribution in [0.25, 0.3) is 0 Å². The molecule has 1 aromatic heterocycles. The van der Waals surface area contributed by atoms with E-state index in [1.165, 1.54) is 6.26 Å². The van der Waals surface area contributed by atoms with Crippen LogP contribution in [0.4, 0.5) is 4.79 Å². The lowest BCUT2D eigenvalue weighted by Crippen LogP contribution is -2.46. The maximum atomic E-state index is 12.0. The lowest BCUT2D eigenvalue weighted by molar-refractivity contribution is 0.129. The van der Waals surface area contributed by atoms with Crippen LogP contribution in [0.1, 0.15) is 37.7 Å². The Kier molecular flexibility index (Phi) is 6.89. The number of aryl methyl sites for hydroxylation is 1. The number of aliphatic hydroxyl groups excluding tert-OH is 1. The third-order valence-electron chi connectivity index (χ3n) is 3.69. The summed E-state index contributed by atoms with van der Waals surface area (Å²) in [7, 11) is 0. The van der Waals surface area contributed by atoms with E-state index in [9.17, 15) is 9.90 Å². The van der Waals surface area contributed by atoms with E-state index in [1.807, 2.05) is 45.0 Å². The van der Waals surface area contributed by atoms with E-state index >= 15 is 0 Å². The summed E-state index contributed by atoms with van der Waals surface area (Å²) in [6, 6.07) is 10.6. The van der Waals surface area contributed by atoms with E-state index < -0.39 is 6.10 Å². The number of carbonyl (C=O) groups is 1. The van der Waals surface area contributed by atoms with Crippen molar-refractivity contribution in [3.8, 4) is 5.75 Å². The monoisotopic (exact) mass is 346 g/mol. The van der Waals surface area contributed by atoms with E-state index in [1.54, 1.807) is 12.1 Å². The summed E-state index contributed by atoms with van der Waals surface area (Å²) in [4.78, 5) is 12.0. The van der Waals surface area contributed by atoms with Crippen molar-refractivity contribution in [1.82, 2.24) is 10.6 Å². The first kappa shape index (κ1) is 18.9. The van der Waals surface area contributed by atoms with Gasteiger partial charge in [-0.1, -0.05) is 12.1 Å². The number of hydrogen-bond donors (Lipinski definition) is 3. The molecule has 0 saturated carbocycles. The fraction of sp³-hybridized carbons (Fsp3) is 0.421. The first-order valence-electron chi connectivity index (χ1n) is 8.42. The number of carbonyl (C=O) groups excluding carboxylic acids is 1. The molecule has 2 amide bonds. The highest BCUT2D eigenvalue weighted by molar-refractivity contribution is 5.74. The minimum Gasteiger partial charge on any atom is -0.491 e. The molecule has 136 valence electrons. The summed E-state index contributed by atoms with van der Waals surface area (Å²) >= 11 is 0. The maximum Gasteiger partial charge on any atom is 0.315 e. The molecule has 6 heteroatoms. The number of hydrogen-bond acceptors (Lipinski definition) is 4. The minimum atomic E-state index is -0.743. The number of furan rings is 1. The minimum absolute atomic E-state index is 0.150. The Labute approximate surface area is 148 Å². The molecular formula is C19H26N2O4. The summed E-state index contributed by atoms with van der Waals surface area (Å²) < 4.78 is 10.8. The molecule has 0 radical (unpaired) electrons. The second-order valence-electron chi connectivity index (χ2n) is 6.31. The molecule has 0 fully saturated rings. The molecule has 0 aliphatic rings. The number of rotatable bonds is 8. The lowest BCUT2D eigenvalue weighted by Gasteiger charge is -2.20. The van der Waals surface area contributed by atoms with Crippen LogP contribution in [0, 0.1) is 6.92 Å². The summed E-state index contributed by atoms with van der Waals surface area (Å²) in [6.07, 6.45) is 1.14. The Bertz CT molecular complexity index is 657. The van der Waals surface area contributed by atoms with Gasteiger partial charge in [0.25, 0.3) is 0 Å². The van der Waals surface area contributed by atoms with Gasteiger partial charge in [-0.05, 0) is 50.6 Å². The number of benzene rings is 1. The highest BCUT2D eigenvalue weighted by atomic mass is 16.5. The fourth-order valence-electron chi connectivity index (χ4n) is 2.45. The largest absolute Gasteiger partial charge is 0.491 e. The van der Waals surface area contributed by atoms with Gasteiger partial charge in [-0.2, -0.15) is 0 Å². The predicted molar refractivity (Wildman–Crippen MR) is 95.6 cm³/mol. The van der Waals surface area contributed by atoms with Gasteiger partial charge in [0.1, 0.15) is 24.2 Å². The number of ether oxygens (including phenoxy) is 1. The first-order valence-corrected chi connectivity index (χ1v) is 8.42. The van der Waals surface area contributed by atoms with Crippen molar-refractivity contribution < 1.29 is 19.1 Å². The molecule has 3 atom stereocenters. The van der Waals surface area contributed by atoms with Crippen LogP contribution < -0.4 is 15.4 Å². The Balaban J connectivity index is 1.69. The van der Waals surface area contributed by atoms with E-state index in [0.29, 0.717) is 18.8 Å². The highest BCUT2D eigenvalue weighted by Crippen LogP contribution is 2.18. The van der Waals surface area contributed by atoms with Gasteiger partial charge in [0, 0.05) is 12.5 Å². The van der Waals surface area contributed by atoms with Crippen LogP contribution in [0.3, 0.4) is 0 Å². The van der Waals surface area contributed by atoms with Gasteiger partial charge >= 0.3 is 6.03 Å². The average molecular weight is 346 g/mol. The summed E-state index contributed by atoms with van der Waals surface area (Å²) in [5.74, 6) is 1.28. The molecule has 0 bridgehead atoms. The molecule has 2 rings (SSSR count). The SMILES string of the molecule is Cc1cccc(OCC(C)NC(=O)NC(C)CC(O)c2ccco2)c1. The summed E-state index contributed by atoms with van der Waals surface area (Å²) in [5, 5.41) is 15.6. The quantitative estimate of drug-likeness (QED) is 0.685. The second-order valence-corrected chi connectivity index (χ2v) is 6.31. The number of aliphatic hydroxyl groups is 1.